The third-order valence-corrected chi connectivity index (χ3v) is 3.46. The van der Waals surface area contributed by atoms with Crippen LogP contribution in [0.5, 0.6) is 0 Å². The van der Waals surface area contributed by atoms with Crippen molar-refractivity contribution in [2.75, 3.05) is 0 Å². The van der Waals surface area contributed by atoms with Crippen LogP contribution in [0.2, 0.25) is 0 Å². The molecule has 0 unspecified atom stereocenters. The number of aromatic nitrogens is 2. The molecule has 0 saturated heterocycles. The van der Waals surface area contributed by atoms with Gasteiger partial charge in [-0.1, -0.05) is 37.6 Å². The fourth-order valence-electron chi connectivity index (χ4n) is 2.24. The van der Waals surface area contributed by atoms with Crippen molar-refractivity contribution in [1.82, 2.24) is 9.78 Å². The van der Waals surface area contributed by atoms with E-state index in [9.17, 15) is 0 Å². The summed E-state index contributed by atoms with van der Waals surface area (Å²) in [4.78, 5) is 0. The molecule has 1 heterocycles. The summed E-state index contributed by atoms with van der Waals surface area (Å²) in [5.41, 5.74) is 6.55. The highest BCUT2D eigenvalue weighted by molar-refractivity contribution is 5.31. The third-order valence-electron chi connectivity index (χ3n) is 3.46. The van der Waals surface area contributed by atoms with Crippen LogP contribution < -0.4 is 0 Å². The Morgan fingerprint density at radius 2 is 1.83 bits per heavy atom. The van der Waals surface area contributed by atoms with E-state index < -0.39 is 0 Å². The van der Waals surface area contributed by atoms with Crippen LogP contribution in [0.1, 0.15) is 41.9 Å². The lowest BCUT2D eigenvalue weighted by Crippen LogP contribution is -2.07. The van der Waals surface area contributed by atoms with Gasteiger partial charge >= 0.3 is 0 Å². The maximum absolute atomic E-state index is 4.68. The normalized spacial score (nSPS) is 10.9. The van der Waals surface area contributed by atoms with Gasteiger partial charge < -0.3 is 0 Å². The molecule has 1 aromatic heterocycles. The van der Waals surface area contributed by atoms with Crippen molar-refractivity contribution in [2.45, 2.75) is 47.1 Å². The Hall–Kier alpha value is -1.57. The van der Waals surface area contributed by atoms with Crippen LogP contribution in [0.25, 0.3) is 0 Å². The summed E-state index contributed by atoms with van der Waals surface area (Å²) in [6.45, 7) is 9.55. The Bertz CT molecular complexity index is 538. The molecule has 0 bridgehead atoms. The minimum absolute atomic E-state index is 0.886. The maximum Gasteiger partial charge on any atom is 0.0665 e. The molecule has 18 heavy (non-hydrogen) atoms. The van der Waals surface area contributed by atoms with Crippen LogP contribution in [-0.2, 0) is 19.4 Å². The van der Waals surface area contributed by atoms with E-state index >= 15 is 0 Å². The second kappa shape index (κ2) is 5.38. The standard InChI is InChI=1S/C16H22N2/c1-5-15-10-16(6-2)18(17-15)11-14-9-12(3)7-8-13(14)4/h7-10H,5-6,11H2,1-4H3. The van der Waals surface area contributed by atoms with Gasteiger partial charge in [-0.3, -0.25) is 4.68 Å². The van der Waals surface area contributed by atoms with Crippen LogP contribution in [0.15, 0.2) is 24.3 Å². The van der Waals surface area contributed by atoms with Gasteiger partial charge in [0.15, 0.2) is 0 Å². The fraction of sp³-hybridized carbons (Fsp3) is 0.438. The highest BCUT2D eigenvalue weighted by atomic mass is 15.3. The zero-order valence-electron chi connectivity index (χ0n) is 11.8. The van der Waals surface area contributed by atoms with E-state index in [-0.39, 0.29) is 0 Å². The number of aryl methyl sites for hydroxylation is 4. The molecular weight excluding hydrogens is 220 g/mol. The largest absolute Gasteiger partial charge is 0.265 e. The van der Waals surface area contributed by atoms with Crippen molar-refractivity contribution in [1.29, 1.82) is 0 Å². The predicted molar refractivity (Wildman–Crippen MR) is 76.0 cm³/mol. The van der Waals surface area contributed by atoms with E-state index in [2.05, 4.69) is 61.7 Å². The molecule has 0 amide bonds. The van der Waals surface area contributed by atoms with Gasteiger partial charge in [-0.15, -0.1) is 0 Å². The highest BCUT2D eigenvalue weighted by Gasteiger charge is 2.07. The van der Waals surface area contributed by atoms with E-state index in [1.165, 1.54) is 28.1 Å². The summed E-state index contributed by atoms with van der Waals surface area (Å²) < 4.78 is 2.15. The van der Waals surface area contributed by atoms with Gasteiger partial charge in [-0.2, -0.15) is 5.10 Å². The molecule has 0 N–H and O–H groups in total. The average molecular weight is 242 g/mol. The highest BCUT2D eigenvalue weighted by Crippen LogP contribution is 2.14. The summed E-state index contributed by atoms with van der Waals surface area (Å²) in [5, 5.41) is 4.68. The van der Waals surface area contributed by atoms with E-state index in [4.69, 9.17) is 0 Å². The van der Waals surface area contributed by atoms with Gasteiger partial charge in [0.25, 0.3) is 0 Å². The molecule has 0 spiro atoms. The number of hydrogen-bond donors (Lipinski definition) is 0. The number of rotatable bonds is 4. The van der Waals surface area contributed by atoms with E-state index in [0.29, 0.717) is 0 Å². The molecule has 96 valence electrons. The maximum atomic E-state index is 4.68. The van der Waals surface area contributed by atoms with Gasteiger partial charge in [-0.25, -0.2) is 0 Å². The van der Waals surface area contributed by atoms with Gasteiger partial charge in [0.05, 0.1) is 12.2 Å². The molecule has 0 radical (unpaired) electrons. The third kappa shape index (κ3) is 2.63. The molecule has 2 aromatic rings. The van der Waals surface area contributed by atoms with Crippen LogP contribution in [-0.4, -0.2) is 9.78 Å². The van der Waals surface area contributed by atoms with Gasteiger partial charge in [0, 0.05) is 5.69 Å². The molecule has 1 aromatic carbocycles. The molecule has 0 aliphatic heterocycles. The zero-order valence-corrected chi connectivity index (χ0v) is 11.8. The Labute approximate surface area is 110 Å². The van der Waals surface area contributed by atoms with Crippen LogP contribution in [0, 0.1) is 13.8 Å². The molecule has 0 saturated carbocycles. The second-order valence-corrected chi connectivity index (χ2v) is 4.92. The van der Waals surface area contributed by atoms with Gasteiger partial charge in [-0.05, 0) is 43.9 Å². The van der Waals surface area contributed by atoms with Crippen molar-refractivity contribution in [3.8, 4) is 0 Å². The number of hydrogen-bond acceptors (Lipinski definition) is 1. The molecule has 0 aliphatic rings. The quantitative estimate of drug-likeness (QED) is 0.800. The monoisotopic (exact) mass is 242 g/mol. The number of nitrogens with zero attached hydrogens (tertiary/aromatic N) is 2. The summed E-state index contributed by atoms with van der Waals surface area (Å²) in [7, 11) is 0. The van der Waals surface area contributed by atoms with Crippen molar-refractivity contribution >= 4 is 0 Å². The van der Waals surface area contributed by atoms with Gasteiger partial charge in [0.1, 0.15) is 0 Å². The molecule has 0 aliphatic carbocycles. The molecule has 2 heteroatoms. The number of benzene rings is 1. The molecule has 0 fully saturated rings. The lowest BCUT2D eigenvalue weighted by Gasteiger charge is -2.10. The van der Waals surface area contributed by atoms with Crippen molar-refractivity contribution in [2.24, 2.45) is 0 Å². The first-order chi connectivity index (χ1) is 8.63. The van der Waals surface area contributed by atoms with Crippen molar-refractivity contribution in [3.05, 3.63) is 52.3 Å². The summed E-state index contributed by atoms with van der Waals surface area (Å²) >= 11 is 0. The first-order valence-corrected chi connectivity index (χ1v) is 6.75. The Morgan fingerprint density at radius 1 is 1.06 bits per heavy atom. The Kier molecular flexibility index (Phi) is 3.85. The van der Waals surface area contributed by atoms with Gasteiger partial charge in [0.2, 0.25) is 0 Å². The SMILES string of the molecule is CCc1cc(CC)n(Cc2cc(C)ccc2C)n1. The second-order valence-electron chi connectivity index (χ2n) is 4.92. The van der Waals surface area contributed by atoms with E-state index in [1.54, 1.807) is 0 Å². The van der Waals surface area contributed by atoms with E-state index in [1.807, 2.05) is 0 Å². The first kappa shape index (κ1) is 12.9. The molecular formula is C16H22N2. The Morgan fingerprint density at radius 3 is 2.50 bits per heavy atom. The lowest BCUT2D eigenvalue weighted by molar-refractivity contribution is 0.638. The van der Waals surface area contributed by atoms with Crippen LogP contribution in [0.4, 0.5) is 0 Å². The first-order valence-electron chi connectivity index (χ1n) is 6.75. The van der Waals surface area contributed by atoms with Crippen molar-refractivity contribution in [3.63, 3.8) is 0 Å². The van der Waals surface area contributed by atoms with Crippen LogP contribution >= 0.6 is 0 Å². The lowest BCUT2D eigenvalue weighted by atomic mass is 10.1. The minimum atomic E-state index is 0.886. The summed E-state index contributed by atoms with van der Waals surface area (Å²) in [5.74, 6) is 0. The summed E-state index contributed by atoms with van der Waals surface area (Å²) in [6.07, 6.45) is 2.05. The fourth-order valence-corrected chi connectivity index (χ4v) is 2.24. The summed E-state index contributed by atoms with van der Waals surface area (Å²) in [6, 6.07) is 8.86. The minimum Gasteiger partial charge on any atom is -0.265 e. The average Bonchev–Trinajstić information content (AvgIpc) is 2.76. The van der Waals surface area contributed by atoms with Crippen LogP contribution in [0.3, 0.4) is 0 Å². The zero-order chi connectivity index (χ0) is 13.1. The topological polar surface area (TPSA) is 17.8 Å². The molecule has 2 rings (SSSR count). The smallest absolute Gasteiger partial charge is 0.0665 e. The Balaban J connectivity index is 2.32. The van der Waals surface area contributed by atoms with Crippen molar-refractivity contribution < 1.29 is 0 Å². The molecule has 0 atom stereocenters. The predicted octanol–water partition coefficient (Wildman–Crippen LogP) is 3.67. The van der Waals surface area contributed by atoms with E-state index in [0.717, 1.165) is 19.4 Å². The molecule has 2 nitrogen and oxygen atoms in total.